The average molecular weight is 838 g/mol. The molecule has 8 N–H and O–H groups in total. The molecular formula is C46H63N9O6. The fourth-order valence-electron chi connectivity index (χ4n) is 7.62. The number of rotatable bonds is 21. The van der Waals surface area contributed by atoms with E-state index in [2.05, 4.69) is 47.7 Å². The van der Waals surface area contributed by atoms with Crippen molar-refractivity contribution in [1.82, 2.24) is 42.6 Å². The molecule has 0 bridgehead atoms. The van der Waals surface area contributed by atoms with Crippen LogP contribution in [0.1, 0.15) is 101 Å². The molecule has 3 aromatic carbocycles. The van der Waals surface area contributed by atoms with E-state index in [1.165, 1.54) is 7.05 Å². The highest BCUT2D eigenvalue weighted by Gasteiger charge is 2.34. The van der Waals surface area contributed by atoms with Crippen molar-refractivity contribution in [3.05, 3.63) is 108 Å². The smallest absolute Gasteiger partial charge is 0.335 e. The molecule has 15 nitrogen and oxygen atoms in total. The minimum Gasteiger partial charge on any atom is -0.357 e. The van der Waals surface area contributed by atoms with Gasteiger partial charge in [-0.05, 0) is 61.3 Å². The summed E-state index contributed by atoms with van der Waals surface area (Å²) < 4.78 is 0. The Labute approximate surface area is 359 Å². The number of hydrogen-bond acceptors (Lipinski definition) is 8. The zero-order valence-corrected chi connectivity index (χ0v) is 36.0. The van der Waals surface area contributed by atoms with Gasteiger partial charge in [-0.25, -0.2) is 10.2 Å². The fourth-order valence-corrected chi connectivity index (χ4v) is 7.62. The van der Waals surface area contributed by atoms with Crippen LogP contribution in [-0.4, -0.2) is 80.0 Å². The van der Waals surface area contributed by atoms with Crippen molar-refractivity contribution in [1.29, 1.82) is 0 Å². The van der Waals surface area contributed by atoms with E-state index in [4.69, 9.17) is 0 Å². The van der Waals surface area contributed by atoms with E-state index in [0.29, 0.717) is 18.4 Å². The Balaban J connectivity index is 1.60. The molecule has 4 rings (SSSR count). The van der Waals surface area contributed by atoms with Crippen molar-refractivity contribution in [2.24, 2.45) is 16.9 Å². The molecular weight excluding hydrogens is 775 g/mol. The molecule has 3 aromatic rings. The largest absolute Gasteiger partial charge is 0.357 e. The van der Waals surface area contributed by atoms with E-state index < -0.39 is 66.4 Å². The van der Waals surface area contributed by atoms with Crippen LogP contribution in [-0.2, 0) is 24.0 Å². The molecule has 1 aliphatic carbocycles. The van der Waals surface area contributed by atoms with Gasteiger partial charge < -0.3 is 37.2 Å². The molecule has 1 fully saturated rings. The first-order chi connectivity index (χ1) is 29.4. The summed E-state index contributed by atoms with van der Waals surface area (Å²) in [6, 6.07) is 22.6. The molecule has 0 radical (unpaired) electrons. The lowest BCUT2D eigenvalue weighted by Crippen LogP contribution is -2.58. The normalized spacial score (nSPS) is 15.1. The number of hydrogen-bond donors (Lipinski definition) is 8. The minimum atomic E-state index is -1.05. The molecule has 0 spiro atoms. The number of urea groups is 1. The summed E-state index contributed by atoms with van der Waals surface area (Å²) in [6.45, 7) is 5.21. The maximum absolute atomic E-state index is 14.2. The van der Waals surface area contributed by atoms with E-state index in [1.54, 1.807) is 37.4 Å². The molecule has 1 saturated carbocycles. The number of nitrogens with zero attached hydrogens (tertiary/aromatic N) is 1. The third kappa shape index (κ3) is 14.8. The second-order valence-electron chi connectivity index (χ2n) is 15.7. The zero-order chi connectivity index (χ0) is 44.1. The average Bonchev–Trinajstić information content (AvgIpc) is 3.27. The lowest BCUT2D eigenvalue weighted by atomic mass is 9.83. The van der Waals surface area contributed by atoms with Crippen LogP contribution in [0.2, 0.25) is 0 Å². The Bertz CT molecular complexity index is 1870. The molecule has 0 heterocycles. The van der Waals surface area contributed by atoms with Crippen LogP contribution in [0, 0.1) is 11.8 Å². The summed E-state index contributed by atoms with van der Waals surface area (Å²) in [5.74, 6) is -2.58. The molecule has 0 saturated heterocycles. The SMILES string of the molecule is CCCC(NC(=O)C(CC(C)C)NC(=O)C(NC)C1CCCCC1)/C(=N/NC(=O)NC(c1ccccc1)c1ccccc1)C(=O)NCC(=O)NC(C(=O)NC)c1ccccc1. The molecule has 4 atom stereocenters. The molecule has 15 heteroatoms. The van der Waals surface area contributed by atoms with E-state index in [1.807, 2.05) is 81.4 Å². The maximum atomic E-state index is 14.2. The van der Waals surface area contributed by atoms with Crippen LogP contribution in [0.15, 0.2) is 96.1 Å². The number of benzene rings is 3. The van der Waals surface area contributed by atoms with Gasteiger partial charge in [0.05, 0.1) is 24.7 Å². The first kappa shape index (κ1) is 47.6. The summed E-state index contributed by atoms with van der Waals surface area (Å²) in [5, 5.41) is 24.1. The summed E-state index contributed by atoms with van der Waals surface area (Å²) in [4.78, 5) is 81.6. The second kappa shape index (κ2) is 24.9. The van der Waals surface area contributed by atoms with Crippen molar-refractivity contribution < 1.29 is 28.8 Å². The Morgan fingerprint density at radius 2 is 1.23 bits per heavy atom. The van der Waals surface area contributed by atoms with Gasteiger partial charge in [-0.3, -0.25) is 24.0 Å². The van der Waals surface area contributed by atoms with Crippen LogP contribution in [0.25, 0.3) is 0 Å². The molecule has 7 amide bonds. The van der Waals surface area contributed by atoms with Gasteiger partial charge in [0.25, 0.3) is 5.91 Å². The first-order valence-electron chi connectivity index (χ1n) is 21.3. The third-order valence-corrected chi connectivity index (χ3v) is 10.7. The van der Waals surface area contributed by atoms with Crippen LogP contribution in [0.3, 0.4) is 0 Å². The quantitative estimate of drug-likeness (QED) is 0.0580. The first-order valence-corrected chi connectivity index (χ1v) is 21.3. The second-order valence-corrected chi connectivity index (χ2v) is 15.7. The highest BCUT2D eigenvalue weighted by atomic mass is 16.2. The number of likely N-dealkylation sites (N-methyl/N-ethyl adjacent to an activating group) is 2. The van der Waals surface area contributed by atoms with E-state index in [-0.39, 0.29) is 29.9 Å². The van der Waals surface area contributed by atoms with Crippen LogP contribution in [0.4, 0.5) is 4.79 Å². The number of carbonyl (C=O) groups is 6. The third-order valence-electron chi connectivity index (χ3n) is 10.7. The Kier molecular flexibility index (Phi) is 19.4. The highest BCUT2D eigenvalue weighted by Crippen LogP contribution is 2.27. The van der Waals surface area contributed by atoms with Crippen molar-refractivity contribution in [3.8, 4) is 0 Å². The number of amides is 7. The topological polar surface area (TPSA) is 211 Å². The highest BCUT2D eigenvalue weighted by molar-refractivity contribution is 6.41. The predicted octanol–water partition coefficient (Wildman–Crippen LogP) is 4.14. The van der Waals surface area contributed by atoms with Crippen molar-refractivity contribution >= 4 is 41.3 Å². The van der Waals surface area contributed by atoms with Crippen molar-refractivity contribution in [2.45, 2.75) is 102 Å². The van der Waals surface area contributed by atoms with Gasteiger partial charge in [0, 0.05) is 7.05 Å². The number of hydrazone groups is 1. The summed E-state index contributed by atoms with van der Waals surface area (Å²) in [7, 11) is 3.20. The summed E-state index contributed by atoms with van der Waals surface area (Å²) >= 11 is 0. The fraction of sp³-hybridized carbons (Fsp3) is 0.457. The van der Waals surface area contributed by atoms with Gasteiger partial charge in [0.15, 0.2) is 0 Å². The Hall–Kier alpha value is -6.09. The Morgan fingerprint density at radius 1 is 0.672 bits per heavy atom. The monoisotopic (exact) mass is 837 g/mol. The van der Waals surface area contributed by atoms with Crippen molar-refractivity contribution in [2.75, 3.05) is 20.6 Å². The molecule has 328 valence electrons. The standard InChI is InChI=1S/C46H63N9O6/c1-6-19-35(50-42(57)36(28-30(2)3)51-45(60)39(47-4)33-24-15-9-16-25-33)41(44(59)49-29-37(56)52-40(43(58)48-5)34-26-17-10-18-27-34)54-55-46(61)53-38(31-20-11-7-12-21-31)32-22-13-8-14-23-32/h7-8,10-14,17-18,20-23,26-27,30,33,35-36,38-40,47H,6,9,15-16,19,24-25,28-29H2,1-5H3,(H,48,58)(H,49,59)(H,50,57)(H,51,60)(H,52,56)(H2,53,55,61)/b54-41-. The molecule has 61 heavy (non-hydrogen) atoms. The van der Waals surface area contributed by atoms with Crippen LogP contribution < -0.4 is 42.6 Å². The summed E-state index contributed by atoms with van der Waals surface area (Å²) in [6.07, 6.45) is 6.10. The van der Waals surface area contributed by atoms with Crippen molar-refractivity contribution in [3.63, 3.8) is 0 Å². The lowest BCUT2D eigenvalue weighted by molar-refractivity contribution is -0.131. The van der Waals surface area contributed by atoms with Gasteiger partial charge in [-0.1, -0.05) is 137 Å². The van der Waals surface area contributed by atoms with E-state index >= 15 is 0 Å². The number of nitrogens with one attached hydrogen (secondary N) is 8. The lowest BCUT2D eigenvalue weighted by Gasteiger charge is -2.31. The number of carbonyl (C=O) groups excluding carboxylic acids is 6. The Morgan fingerprint density at radius 3 is 1.75 bits per heavy atom. The van der Waals surface area contributed by atoms with E-state index in [0.717, 1.165) is 43.2 Å². The molecule has 0 aliphatic heterocycles. The van der Waals surface area contributed by atoms with Gasteiger partial charge in [0.2, 0.25) is 23.6 Å². The van der Waals surface area contributed by atoms with Gasteiger partial charge in [-0.15, -0.1) is 0 Å². The van der Waals surface area contributed by atoms with Crippen LogP contribution >= 0.6 is 0 Å². The van der Waals surface area contributed by atoms with Gasteiger partial charge >= 0.3 is 6.03 Å². The van der Waals surface area contributed by atoms with Crippen LogP contribution in [0.5, 0.6) is 0 Å². The molecule has 0 aromatic heterocycles. The summed E-state index contributed by atoms with van der Waals surface area (Å²) in [5.41, 5.74) is 4.33. The molecule has 4 unspecified atom stereocenters. The zero-order valence-electron chi connectivity index (χ0n) is 36.0. The van der Waals surface area contributed by atoms with Gasteiger partial charge in [-0.2, -0.15) is 5.10 Å². The minimum absolute atomic E-state index is 0.0281. The molecule has 1 aliphatic rings. The van der Waals surface area contributed by atoms with Gasteiger partial charge in [0.1, 0.15) is 17.8 Å². The van der Waals surface area contributed by atoms with E-state index in [9.17, 15) is 28.8 Å². The maximum Gasteiger partial charge on any atom is 0.335 e. The predicted molar refractivity (Wildman–Crippen MR) is 236 cm³/mol.